The second-order valence-electron chi connectivity index (χ2n) is 5.56. The van der Waals surface area contributed by atoms with Crippen LogP contribution in [-0.4, -0.2) is 52.4 Å². The zero-order valence-electron chi connectivity index (χ0n) is 13.4. The largest absolute Gasteiger partial charge is 0.465 e. The Labute approximate surface area is 140 Å². The Kier molecular flexibility index (Phi) is 5.58. The number of sulfone groups is 1. The summed E-state index contributed by atoms with van der Waals surface area (Å²) < 4.78 is 33.6. The number of esters is 1. The molecule has 1 heterocycles. The summed E-state index contributed by atoms with van der Waals surface area (Å²) in [6.07, 6.45) is 1.42. The molecule has 2 atom stereocenters. The van der Waals surface area contributed by atoms with Gasteiger partial charge in [0.2, 0.25) is 0 Å². The molecule has 8 nitrogen and oxygen atoms in total. The zero-order chi connectivity index (χ0) is 17.9. The maximum absolute atomic E-state index is 12.2. The fraction of sp³-hybridized carbons (Fsp3) is 0.467. The maximum atomic E-state index is 12.2. The lowest BCUT2D eigenvalue weighted by molar-refractivity contribution is -0.126. The Morgan fingerprint density at radius 2 is 2.04 bits per heavy atom. The zero-order valence-corrected chi connectivity index (χ0v) is 14.3. The molecule has 3 N–H and O–H groups in total. The SMILES string of the molecule is COC(=O)c1cc(NC(=O)[C@@H]2CC[C@H](CN)O2)cc(S(C)(=O)=O)c1. The van der Waals surface area contributed by atoms with E-state index in [1.165, 1.54) is 25.3 Å². The van der Waals surface area contributed by atoms with E-state index in [0.717, 1.165) is 6.26 Å². The minimum Gasteiger partial charge on any atom is -0.465 e. The Morgan fingerprint density at radius 1 is 1.33 bits per heavy atom. The van der Waals surface area contributed by atoms with Crippen molar-refractivity contribution >= 4 is 27.4 Å². The van der Waals surface area contributed by atoms with Crippen LogP contribution in [0.1, 0.15) is 23.2 Å². The lowest BCUT2D eigenvalue weighted by Crippen LogP contribution is -2.30. The van der Waals surface area contributed by atoms with Crippen LogP contribution in [0.25, 0.3) is 0 Å². The molecule has 0 bridgehead atoms. The number of carbonyl (C=O) groups is 2. The molecule has 0 radical (unpaired) electrons. The van der Waals surface area contributed by atoms with Gasteiger partial charge in [0.1, 0.15) is 6.10 Å². The monoisotopic (exact) mass is 356 g/mol. The average Bonchev–Trinajstić information content (AvgIpc) is 3.02. The summed E-state index contributed by atoms with van der Waals surface area (Å²) in [5.74, 6) is -1.11. The minimum absolute atomic E-state index is 0.0305. The van der Waals surface area contributed by atoms with Crippen molar-refractivity contribution in [3.63, 3.8) is 0 Å². The van der Waals surface area contributed by atoms with E-state index >= 15 is 0 Å². The van der Waals surface area contributed by atoms with E-state index in [1.54, 1.807) is 0 Å². The fourth-order valence-electron chi connectivity index (χ4n) is 2.42. The van der Waals surface area contributed by atoms with Crippen molar-refractivity contribution in [1.29, 1.82) is 0 Å². The molecule has 0 unspecified atom stereocenters. The molecule has 1 amide bonds. The van der Waals surface area contributed by atoms with Crippen LogP contribution in [0.5, 0.6) is 0 Å². The highest BCUT2D eigenvalue weighted by Gasteiger charge is 2.30. The van der Waals surface area contributed by atoms with Gasteiger partial charge in [-0.2, -0.15) is 0 Å². The number of carbonyl (C=O) groups excluding carboxylic acids is 2. The number of benzene rings is 1. The minimum atomic E-state index is -3.56. The highest BCUT2D eigenvalue weighted by molar-refractivity contribution is 7.90. The van der Waals surface area contributed by atoms with Crippen LogP contribution in [0.4, 0.5) is 5.69 Å². The number of ether oxygens (including phenoxy) is 2. The molecule has 24 heavy (non-hydrogen) atoms. The van der Waals surface area contributed by atoms with Crippen molar-refractivity contribution < 1.29 is 27.5 Å². The first kappa shape index (κ1) is 18.4. The van der Waals surface area contributed by atoms with E-state index in [4.69, 9.17) is 10.5 Å². The number of anilines is 1. The molecule has 132 valence electrons. The molecule has 1 aromatic rings. The fourth-order valence-corrected chi connectivity index (χ4v) is 3.10. The van der Waals surface area contributed by atoms with E-state index in [2.05, 4.69) is 10.1 Å². The highest BCUT2D eigenvalue weighted by Crippen LogP contribution is 2.23. The number of rotatable bonds is 5. The Hall–Kier alpha value is -1.97. The molecule has 0 saturated carbocycles. The number of hydrogen-bond donors (Lipinski definition) is 2. The lowest BCUT2D eigenvalue weighted by atomic mass is 10.1. The first-order valence-electron chi connectivity index (χ1n) is 7.34. The van der Waals surface area contributed by atoms with Gasteiger partial charge < -0.3 is 20.5 Å². The molecular formula is C15H20N2O6S. The van der Waals surface area contributed by atoms with Gasteiger partial charge in [-0.1, -0.05) is 0 Å². The van der Waals surface area contributed by atoms with Crippen LogP contribution >= 0.6 is 0 Å². The van der Waals surface area contributed by atoms with Crippen molar-refractivity contribution in [1.82, 2.24) is 0 Å². The van der Waals surface area contributed by atoms with Gasteiger partial charge in [0.05, 0.1) is 23.7 Å². The van der Waals surface area contributed by atoms with Gasteiger partial charge in [-0.15, -0.1) is 0 Å². The van der Waals surface area contributed by atoms with Gasteiger partial charge in [-0.3, -0.25) is 4.79 Å². The molecule has 1 aromatic carbocycles. The molecule has 1 fully saturated rings. The van der Waals surface area contributed by atoms with E-state index in [9.17, 15) is 18.0 Å². The van der Waals surface area contributed by atoms with Crippen LogP contribution in [0.2, 0.25) is 0 Å². The maximum Gasteiger partial charge on any atom is 0.337 e. The summed E-state index contributed by atoms with van der Waals surface area (Å²) in [7, 11) is -2.38. The van der Waals surface area contributed by atoms with Gasteiger partial charge in [0.15, 0.2) is 9.84 Å². The molecule has 2 rings (SSSR count). The van der Waals surface area contributed by atoms with Crippen LogP contribution < -0.4 is 11.1 Å². The summed E-state index contributed by atoms with van der Waals surface area (Å²) in [6.45, 7) is 0.333. The third-order valence-electron chi connectivity index (χ3n) is 3.69. The smallest absolute Gasteiger partial charge is 0.337 e. The second-order valence-corrected chi connectivity index (χ2v) is 7.57. The number of methoxy groups -OCH3 is 1. The molecular weight excluding hydrogens is 336 g/mol. The first-order valence-corrected chi connectivity index (χ1v) is 9.23. The summed E-state index contributed by atoms with van der Waals surface area (Å²) in [5, 5.41) is 2.58. The number of amides is 1. The Bertz CT molecular complexity index is 746. The van der Waals surface area contributed by atoms with E-state index in [1.807, 2.05) is 0 Å². The third-order valence-corrected chi connectivity index (χ3v) is 4.78. The standard InChI is InChI=1S/C15H20N2O6S/c1-22-15(19)9-5-10(7-12(6-9)24(2,20)21)17-14(18)13-4-3-11(8-16)23-13/h5-7,11,13H,3-4,8,16H2,1-2H3,(H,17,18)/t11-,13+/m1/s1. The van der Waals surface area contributed by atoms with Crippen molar-refractivity contribution in [3.05, 3.63) is 23.8 Å². The molecule has 0 aliphatic carbocycles. The Balaban J connectivity index is 2.26. The summed E-state index contributed by atoms with van der Waals surface area (Å²) >= 11 is 0. The summed E-state index contributed by atoms with van der Waals surface area (Å²) in [4.78, 5) is 23.9. The number of nitrogens with two attached hydrogens (primary N) is 1. The molecule has 0 aromatic heterocycles. The first-order chi connectivity index (χ1) is 11.2. The van der Waals surface area contributed by atoms with Crippen LogP contribution in [0.3, 0.4) is 0 Å². The van der Waals surface area contributed by atoms with E-state index in [-0.39, 0.29) is 22.3 Å². The van der Waals surface area contributed by atoms with Crippen molar-refractivity contribution in [2.45, 2.75) is 29.9 Å². The Morgan fingerprint density at radius 3 is 2.58 bits per heavy atom. The van der Waals surface area contributed by atoms with Crippen molar-refractivity contribution in [2.24, 2.45) is 5.73 Å². The summed E-state index contributed by atoms with van der Waals surface area (Å²) in [6, 6.07) is 3.84. The third kappa shape index (κ3) is 4.31. The predicted octanol–water partition coefficient (Wildman–Crippen LogP) is 0.322. The van der Waals surface area contributed by atoms with Gasteiger partial charge in [-0.25, -0.2) is 13.2 Å². The van der Waals surface area contributed by atoms with Gasteiger partial charge in [0, 0.05) is 18.5 Å². The molecule has 1 aliphatic rings. The van der Waals surface area contributed by atoms with Crippen LogP contribution in [0, 0.1) is 0 Å². The van der Waals surface area contributed by atoms with Gasteiger partial charge in [0.25, 0.3) is 5.91 Å². The second kappa shape index (κ2) is 7.29. The summed E-state index contributed by atoms with van der Waals surface area (Å²) in [5.41, 5.74) is 5.72. The van der Waals surface area contributed by atoms with Crippen LogP contribution in [0.15, 0.2) is 23.1 Å². The molecule has 9 heteroatoms. The average molecular weight is 356 g/mol. The molecule has 0 spiro atoms. The normalized spacial score (nSPS) is 20.6. The van der Waals surface area contributed by atoms with E-state index in [0.29, 0.717) is 19.4 Å². The van der Waals surface area contributed by atoms with Crippen molar-refractivity contribution in [2.75, 3.05) is 25.2 Å². The quantitative estimate of drug-likeness (QED) is 0.728. The van der Waals surface area contributed by atoms with Gasteiger partial charge >= 0.3 is 5.97 Å². The number of nitrogens with one attached hydrogen (secondary N) is 1. The topological polar surface area (TPSA) is 125 Å². The molecule has 1 aliphatic heterocycles. The van der Waals surface area contributed by atoms with Gasteiger partial charge in [-0.05, 0) is 31.0 Å². The number of hydrogen-bond acceptors (Lipinski definition) is 7. The lowest BCUT2D eigenvalue weighted by Gasteiger charge is -2.14. The highest BCUT2D eigenvalue weighted by atomic mass is 32.2. The van der Waals surface area contributed by atoms with Crippen molar-refractivity contribution in [3.8, 4) is 0 Å². The predicted molar refractivity (Wildman–Crippen MR) is 86.5 cm³/mol. The van der Waals surface area contributed by atoms with E-state index < -0.39 is 27.8 Å². The molecule has 1 saturated heterocycles. The van der Waals surface area contributed by atoms with Crippen LogP contribution in [-0.2, 0) is 24.1 Å².